The molecule has 1 saturated heterocycles. The maximum absolute atomic E-state index is 11.6. The highest BCUT2D eigenvalue weighted by molar-refractivity contribution is 6.04. The number of esters is 1. The Labute approximate surface area is 93.8 Å². The fourth-order valence-electron chi connectivity index (χ4n) is 1.87. The predicted octanol–water partition coefficient (Wildman–Crippen LogP) is 0.865. The van der Waals surface area contributed by atoms with Gasteiger partial charge in [-0.25, -0.2) is 0 Å². The summed E-state index contributed by atoms with van der Waals surface area (Å²) >= 11 is 0. The Hall–Kier alpha value is -1.84. The van der Waals surface area contributed by atoms with E-state index in [2.05, 4.69) is 4.74 Å². The molecule has 0 unspecified atom stereocenters. The van der Waals surface area contributed by atoms with Crippen molar-refractivity contribution in [3.8, 4) is 0 Å². The van der Waals surface area contributed by atoms with E-state index in [-0.39, 0.29) is 12.3 Å². The minimum Gasteiger partial charge on any atom is -0.468 e. The van der Waals surface area contributed by atoms with E-state index in [1.165, 1.54) is 7.11 Å². The number of hydrogen-bond acceptors (Lipinski definition) is 4. The molecule has 1 aromatic carbocycles. The Balaban J connectivity index is 2.13. The van der Waals surface area contributed by atoms with Crippen LogP contribution in [-0.2, 0) is 14.3 Å². The molecular formula is C12H13NO3. The number of methoxy groups -OCH3 is 1. The molecule has 1 fully saturated rings. The molecule has 0 aliphatic carbocycles. The first kappa shape index (κ1) is 10.7. The van der Waals surface area contributed by atoms with Gasteiger partial charge in [-0.1, -0.05) is 18.2 Å². The molecule has 1 aromatic rings. The molecule has 4 nitrogen and oxygen atoms in total. The number of nitrogens with zero attached hydrogens (tertiary/aromatic N) is 1. The second-order valence-electron chi connectivity index (χ2n) is 3.76. The van der Waals surface area contributed by atoms with Gasteiger partial charge in [0.15, 0.2) is 5.78 Å². The number of carbonyl (C=O) groups is 2. The zero-order chi connectivity index (χ0) is 11.5. The van der Waals surface area contributed by atoms with Crippen LogP contribution >= 0.6 is 0 Å². The molecule has 0 N–H and O–H groups in total. The van der Waals surface area contributed by atoms with Gasteiger partial charge in [-0.2, -0.15) is 0 Å². The molecule has 1 atom stereocenters. The van der Waals surface area contributed by atoms with Crippen molar-refractivity contribution in [1.82, 2.24) is 0 Å². The van der Waals surface area contributed by atoms with Crippen LogP contribution in [0, 0.1) is 5.92 Å². The Bertz CT molecular complexity index is 402. The third-order valence-electron chi connectivity index (χ3n) is 2.75. The molecule has 84 valence electrons. The Morgan fingerprint density at radius 2 is 2.06 bits per heavy atom. The van der Waals surface area contributed by atoms with E-state index in [9.17, 15) is 9.59 Å². The predicted molar refractivity (Wildman–Crippen MR) is 59.2 cm³/mol. The lowest BCUT2D eigenvalue weighted by Crippen LogP contribution is -2.24. The number of para-hydroxylation sites is 1. The van der Waals surface area contributed by atoms with E-state index in [1.54, 1.807) is 0 Å². The quantitative estimate of drug-likeness (QED) is 0.547. The molecular weight excluding hydrogens is 206 g/mol. The average molecular weight is 219 g/mol. The van der Waals surface area contributed by atoms with Crippen molar-refractivity contribution in [1.29, 1.82) is 0 Å². The molecule has 0 radical (unpaired) electrons. The molecule has 0 aromatic heterocycles. The summed E-state index contributed by atoms with van der Waals surface area (Å²) in [5.74, 6) is -1.15. The number of rotatable bonds is 2. The number of hydrogen-bond donors (Lipinski definition) is 0. The molecule has 2 rings (SSSR count). The van der Waals surface area contributed by atoms with Crippen LogP contribution in [0.1, 0.15) is 0 Å². The van der Waals surface area contributed by atoms with E-state index in [0.717, 1.165) is 5.69 Å². The Morgan fingerprint density at radius 1 is 1.38 bits per heavy atom. The lowest BCUT2D eigenvalue weighted by atomic mass is 10.1. The molecule has 1 heterocycles. The molecule has 0 saturated carbocycles. The maximum atomic E-state index is 11.6. The second kappa shape index (κ2) is 4.35. The van der Waals surface area contributed by atoms with Crippen LogP contribution in [-0.4, -0.2) is 32.0 Å². The summed E-state index contributed by atoms with van der Waals surface area (Å²) in [6, 6.07) is 9.58. The van der Waals surface area contributed by atoms with Gasteiger partial charge in [0.1, 0.15) is 5.92 Å². The maximum Gasteiger partial charge on any atom is 0.318 e. The van der Waals surface area contributed by atoms with Crippen LogP contribution in [0.2, 0.25) is 0 Å². The standard InChI is InChI=1S/C12H13NO3/c1-16-12(15)10-7-13(8-11(10)14)9-5-3-2-4-6-9/h2-6,10H,7-8H2,1H3/t10-/m1/s1. The van der Waals surface area contributed by atoms with E-state index < -0.39 is 11.9 Å². The first-order valence-electron chi connectivity index (χ1n) is 5.13. The van der Waals surface area contributed by atoms with Gasteiger partial charge in [0.05, 0.1) is 13.7 Å². The van der Waals surface area contributed by atoms with Crippen molar-refractivity contribution in [2.75, 3.05) is 25.1 Å². The van der Waals surface area contributed by atoms with Crippen LogP contribution in [0.15, 0.2) is 30.3 Å². The Kier molecular flexibility index (Phi) is 2.90. The fraction of sp³-hybridized carbons (Fsp3) is 0.333. The van der Waals surface area contributed by atoms with Crippen molar-refractivity contribution < 1.29 is 14.3 Å². The molecule has 0 spiro atoms. The lowest BCUT2D eigenvalue weighted by molar-refractivity contribution is -0.147. The van der Waals surface area contributed by atoms with Crippen molar-refractivity contribution in [3.63, 3.8) is 0 Å². The third-order valence-corrected chi connectivity index (χ3v) is 2.75. The van der Waals surface area contributed by atoms with Gasteiger partial charge < -0.3 is 9.64 Å². The minimum absolute atomic E-state index is 0.0734. The zero-order valence-corrected chi connectivity index (χ0v) is 9.05. The van der Waals surface area contributed by atoms with Gasteiger partial charge in [0.2, 0.25) is 0 Å². The Morgan fingerprint density at radius 3 is 2.69 bits per heavy atom. The van der Waals surface area contributed by atoms with Gasteiger partial charge in [-0.05, 0) is 12.1 Å². The van der Waals surface area contributed by atoms with Crippen molar-refractivity contribution in [2.24, 2.45) is 5.92 Å². The average Bonchev–Trinajstić information content (AvgIpc) is 2.71. The number of anilines is 1. The summed E-state index contributed by atoms with van der Waals surface area (Å²) in [7, 11) is 1.31. The molecule has 16 heavy (non-hydrogen) atoms. The highest BCUT2D eigenvalue weighted by atomic mass is 16.5. The first-order chi connectivity index (χ1) is 7.72. The topological polar surface area (TPSA) is 46.6 Å². The summed E-state index contributed by atoms with van der Waals surface area (Å²) in [6.45, 7) is 0.694. The largest absolute Gasteiger partial charge is 0.468 e. The lowest BCUT2D eigenvalue weighted by Gasteiger charge is -2.16. The van der Waals surface area contributed by atoms with Gasteiger partial charge in [-0.3, -0.25) is 9.59 Å². The molecule has 0 amide bonds. The van der Waals surface area contributed by atoms with Crippen LogP contribution in [0.25, 0.3) is 0 Å². The van der Waals surface area contributed by atoms with Gasteiger partial charge in [0.25, 0.3) is 0 Å². The van der Waals surface area contributed by atoms with Gasteiger partial charge >= 0.3 is 5.97 Å². The monoisotopic (exact) mass is 219 g/mol. The third kappa shape index (κ3) is 1.91. The van der Waals surface area contributed by atoms with Crippen molar-refractivity contribution in [3.05, 3.63) is 30.3 Å². The molecule has 1 aliphatic heterocycles. The van der Waals surface area contributed by atoms with Crippen LogP contribution in [0.4, 0.5) is 5.69 Å². The summed E-state index contributed by atoms with van der Waals surface area (Å²) in [5.41, 5.74) is 0.960. The molecule has 0 bridgehead atoms. The van der Waals surface area contributed by atoms with E-state index >= 15 is 0 Å². The molecule has 4 heteroatoms. The number of ether oxygens (including phenoxy) is 1. The van der Waals surface area contributed by atoms with Crippen LogP contribution in [0.3, 0.4) is 0 Å². The number of benzene rings is 1. The van der Waals surface area contributed by atoms with E-state index in [1.807, 2.05) is 35.2 Å². The second-order valence-corrected chi connectivity index (χ2v) is 3.76. The van der Waals surface area contributed by atoms with Crippen molar-refractivity contribution >= 4 is 17.4 Å². The molecule has 1 aliphatic rings. The summed E-state index contributed by atoms with van der Waals surface area (Å²) < 4.78 is 4.60. The van der Waals surface area contributed by atoms with Crippen molar-refractivity contribution in [2.45, 2.75) is 0 Å². The SMILES string of the molecule is COC(=O)[C@@H]1CN(c2ccccc2)CC1=O. The number of Topliss-reactive ketones (excluding diaryl/α,β-unsaturated/α-hetero) is 1. The van der Waals surface area contributed by atoms with Gasteiger partial charge in [0, 0.05) is 12.2 Å². The normalized spacial score (nSPS) is 19.9. The van der Waals surface area contributed by atoms with Crippen LogP contribution < -0.4 is 4.90 Å². The first-order valence-corrected chi connectivity index (χ1v) is 5.13. The zero-order valence-electron chi connectivity index (χ0n) is 9.05. The number of carbonyl (C=O) groups excluding carboxylic acids is 2. The van der Waals surface area contributed by atoms with E-state index in [0.29, 0.717) is 6.54 Å². The highest BCUT2D eigenvalue weighted by Gasteiger charge is 2.36. The smallest absolute Gasteiger partial charge is 0.318 e. The van der Waals surface area contributed by atoms with Gasteiger partial charge in [-0.15, -0.1) is 0 Å². The highest BCUT2D eigenvalue weighted by Crippen LogP contribution is 2.21. The van der Waals surface area contributed by atoms with Crippen LogP contribution in [0.5, 0.6) is 0 Å². The number of ketones is 1. The summed E-state index contributed by atoms with van der Waals surface area (Å²) in [4.78, 5) is 24.8. The fourth-order valence-corrected chi connectivity index (χ4v) is 1.87. The minimum atomic E-state index is -0.634. The summed E-state index contributed by atoms with van der Waals surface area (Å²) in [5, 5.41) is 0. The van der Waals surface area contributed by atoms with E-state index in [4.69, 9.17) is 0 Å². The summed E-state index contributed by atoms with van der Waals surface area (Å²) in [6.07, 6.45) is 0.